The lowest BCUT2D eigenvalue weighted by molar-refractivity contribution is 0.251. The van der Waals surface area contributed by atoms with E-state index in [0.717, 1.165) is 17.9 Å². The number of nitrogens with two attached hydrogens (primary N) is 1. The van der Waals surface area contributed by atoms with Gasteiger partial charge in [0.2, 0.25) is 0 Å². The number of hydrogen-bond donors (Lipinski definition) is 1. The fourth-order valence-electron chi connectivity index (χ4n) is 2.94. The highest BCUT2D eigenvalue weighted by Crippen LogP contribution is 2.33. The molecule has 0 saturated heterocycles. The molecule has 1 aliphatic rings. The van der Waals surface area contributed by atoms with E-state index in [1.165, 1.54) is 18.4 Å². The fraction of sp³-hybridized carbons (Fsp3) is 0.500. The Morgan fingerprint density at radius 3 is 3.00 bits per heavy atom. The Hall–Kier alpha value is -1.35. The van der Waals surface area contributed by atoms with Crippen molar-refractivity contribution in [2.24, 2.45) is 11.7 Å². The first-order valence-corrected chi connectivity index (χ1v) is 6.43. The quantitative estimate of drug-likeness (QED) is 0.817. The first kappa shape index (κ1) is 10.8. The number of fused-ring (bicyclic) bond motifs is 1. The third kappa shape index (κ3) is 1.84. The van der Waals surface area contributed by atoms with Crippen molar-refractivity contribution < 1.29 is 0 Å². The lowest BCUT2D eigenvalue weighted by atomic mass is 9.83. The second-order valence-electron chi connectivity index (χ2n) is 5.29. The summed E-state index contributed by atoms with van der Waals surface area (Å²) in [4.78, 5) is 4.46. The number of aromatic nitrogens is 2. The Kier molecular flexibility index (Phi) is 2.63. The molecular weight excluding hydrogens is 210 g/mol. The van der Waals surface area contributed by atoms with Gasteiger partial charge >= 0.3 is 0 Å². The molecule has 90 valence electrons. The van der Waals surface area contributed by atoms with Crippen molar-refractivity contribution in [2.75, 3.05) is 0 Å². The minimum atomic E-state index is 0.267. The van der Waals surface area contributed by atoms with Gasteiger partial charge in [0, 0.05) is 6.04 Å². The highest BCUT2D eigenvalue weighted by atomic mass is 15.1. The predicted octanol–water partition coefficient (Wildman–Crippen LogP) is 2.72. The van der Waals surface area contributed by atoms with Gasteiger partial charge in [-0.2, -0.15) is 0 Å². The molecule has 1 fully saturated rings. The monoisotopic (exact) mass is 229 g/mol. The van der Waals surface area contributed by atoms with Gasteiger partial charge in [0.15, 0.2) is 0 Å². The molecule has 1 aromatic heterocycles. The molecule has 3 rings (SSSR count). The molecule has 1 heterocycles. The molecule has 2 aromatic rings. The molecule has 3 heteroatoms. The van der Waals surface area contributed by atoms with Gasteiger partial charge in [0.05, 0.1) is 23.4 Å². The lowest BCUT2D eigenvalue weighted by Gasteiger charge is -2.33. The Balaban J connectivity index is 2.02. The van der Waals surface area contributed by atoms with Gasteiger partial charge in [0.25, 0.3) is 0 Å². The summed E-state index contributed by atoms with van der Waals surface area (Å²) in [5.74, 6) is 0.765. The highest BCUT2D eigenvalue weighted by molar-refractivity contribution is 5.75. The standard InChI is InChI=1S/C14H19N3/c1-10-6-7-11(15)14(8-10)17-9-16-12-4-2-3-5-13(12)17/h2-5,9-11,14H,6-8,15H2,1H3. The van der Waals surface area contributed by atoms with E-state index < -0.39 is 0 Å². The summed E-state index contributed by atoms with van der Waals surface area (Å²) < 4.78 is 2.27. The zero-order valence-electron chi connectivity index (χ0n) is 10.2. The van der Waals surface area contributed by atoms with E-state index in [4.69, 9.17) is 5.73 Å². The molecule has 1 aliphatic carbocycles. The van der Waals surface area contributed by atoms with E-state index in [0.29, 0.717) is 6.04 Å². The number of para-hydroxylation sites is 2. The van der Waals surface area contributed by atoms with Crippen LogP contribution in [0, 0.1) is 5.92 Å². The molecule has 0 radical (unpaired) electrons. The molecule has 0 aliphatic heterocycles. The van der Waals surface area contributed by atoms with Crippen LogP contribution in [-0.2, 0) is 0 Å². The number of nitrogens with zero attached hydrogens (tertiary/aromatic N) is 2. The van der Waals surface area contributed by atoms with Crippen molar-refractivity contribution in [3.8, 4) is 0 Å². The van der Waals surface area contributed by atoms with Crippen molar-refractivity contribution in [3.05, 3.63) is 30.6 Å². The number of hydrogen-bond acceptors (Lipinski definition) is 2. The topological polar surface area (TPSA) is 43.8 Å². The van der Waals surface area contributed by atoms with Crippen molar-refractivity contribution in [3.63, 3.8) is 0 Å². The van der Waals surface area contributed by atoms with Crippen molar-refractivity contribution in [2.45, 2.75) is 38.3 Å². The van der Waals surface area contributed by atoms with E-state index in [2.05, 4.69) is 34.7 Å². The van der Waals surface area contributed by atoms with Crippen molar-refractivity contribution in [1.29, 1.82) is 0 Å². The molecule has 2 N–H and O–H groups in total. The zero-order valence-corrected chi connectivity index (χ0v) is 10.2. The molecule has 0 spiro atoms. The first-order chi connectivity index (χ1) is 8.25. The van der Waals surface area contributed by atoms with Crippen molar-refractivity contribution >= 4 is 11.0 Å². The summed E-state index contributed by atoms with van der Waals surface area (Å²) in [5.41, 5.74) is 8.55. The van der Waals surface area contributed by atoms with Crippen LogP contribution in [0.5, 0.6) is 0 Å². The van der Waals surface area contributed by atoms with Crippen molar-refractivity contribution in [1.82, 2.24) is 9.55 Å². The Labute approximate surface area is 102 Å². The molecule has 3 nitrogen and oxygen atoms in total. The smallest absolute Gasteiger partial charge is 0.0961 e. The third-order valence-corrected chi connectivity index (χ3v) is 3.97. The molecule has 0 amide bonds. The maximum atomic E-state index is 6.27. The van der Waals surface area contributed by atoms with Gasteiger partial charge in [-0.05, 0) is 37.3 Å². The Morgan fingerprint density at radius 1 is 1.29 bits per heavy atom. The van der Waals surface area contributed by atoms with Crippen LogP contribution in [0.1, 0.15) is 32.2 Å². The Morgan fingerprint density at radius 2 is 2.12 bits per heavy atom. The zero-order chi connectivity index (χ0) is 11.8. The van der Waals surface area contributed by atoms with Crippen LogP contribution in [0.4, 0.5) is 0 Å². The molecule has 3 atom stereocenters. The van der Waals surface area contributed by atoms with Crippen LogP contribution in [0.2, 0.25) is 0 Å². The van der Waals surface area contributed by atoms with E-state index in [-0.39, 0.29) is 6.04 Å². The van der Waals surface area contributed by atoms with Gasteiger partial charge < -0.3 is 10.3 Å². The second kappa shape index (κ2) is 4.15. The molecular formula is C14H19N3. The minimum absolute atomic E-state index is 0.267. The minimum Gasteiger partial charge on any atom is -0.326 e. The summed E-state index contributed by atoms with van der Waals surface area (Å²) >= 11 is 0. The molecule has 3 unspecified atom stereocenters. The summed E-state index contributed by atoms with van der Waals surface area (Å²) in [5, 5.41) is 0. The third-order valence-electron chi connectivity index (χ3n) is 3.97. The average molecular weight is 229 g/mol. The predicted molar refractivity (Wildman–Crippen MR) is 69.8 cm³/mol. The van der Waals surface area contributed by atoms with E-state index in [9.17, 15) is 0 Å². The Bertz CT molecular complexity index is 517. The molecule has 17 heavy (non-hydrogen) atoms. The number of imidazole rings is 1. The molecule has 0 bridgehead atoms. The van der Waals surface area contributed by atoms with Crippen LogP contribution in [0.15, 0.2) is 30.6 Å². The summed E-state index contributed by atoms with van der Waals surface area (Å²) in [6, 6.07) is 8.97. The largest absolute Gasteiger partial charge is 0.326 e. The summed E-state index contributed by atoms with van der Waals surface area (Å²) in [6.45, 7) is 2.32. The van der Waals surface area contributed by atoms with Gasteiger partial charge in [-0.1, -0.05) is 19.1 Å². The normalized spacial score (nSPS) is 29.6. The maximum Gasteiger partial charge on any atom is 0.0961 e. The maximum absolute atomic E-state index is 6.27. The van der Waals surface area contributed by atoms with Crippen LogP contribution in [-0.4, -0.2) is 15.6 Å². The summed E-state index contributed by atoms with van der Waals surface area (Å²) in [7, 11) is 0. The van der Waals surface area contributed by atoms with Gasteiger partial charge in [-0.25, -0.2) is 4.98 Å². The van der Waals surface area contributed by atoms with Gasteiger partial charge in [0.1, 0.15) is 0 Å². The van der Waals surface area contributed by atoms with E-state index in [1.807, 2.05) is 12.4 Å². The second-order valence-corrected chi connectivity index (χ2v) is 5.29. The number of rotatable bonds is 1. The lowest BCUT2D eigenvalue weighted by Crippen LogP contribution is -2.37. The van der Waals surface area contributed by atoms with E-state index >= 15 is 0 Å². The van der Waals surface area contributed by atoms with Gasteiger partial charge in [-0.15, -0.1) is 0 Å². The average Bonchev–Trinajstić information content (AvgIpc) is 2.76. The highest BCUT2D eigenvalue weighted by Gasteiger charge is 2.27. The van der Waals surface area contributed by atoms with E-state index in [1.54, 1.807) is 0 Å². The fourth-order valence-corrected chi connectivity index (χ4v) is 2.94. The summed E-state index contributed by atoms with van der Waals surface area (Å²) in [6.07, 6.45) is 5.50. The SMILES string of the molecule is CC1CCC(N)C(n2cnc3ccccc32)C1. The van der Waals surface area contributed by atoms with Crippen LogP contribution in [0.25, 0.3) is 11.0 Å². The first-order valence-electron chi connectivity index (χ1n) is 6.43. The van der Waals surface area contributed by atoms with Crippen LogP contribution < -0.4 is 5.73 Å². The van der Waals surface area contributed by atoms with Crippen LogP contribution >= 0.6 is 0 Å². The van der Waals surface area contributed by atoms with Gasteiger partial charge in [-0.3, -0.25) is 0 Å². The molecule has 1 aromatic carbocycles. The van der Waals surface area contributed by atoms with Crippen LogP contribution in [0.3, 0.4) is 0 Å². The molecule has 1 saturated carbocycles. The number of benzene rings is 1.